The molecule has 0 saturated heterocycles. The molecule has 0 unspecified atom stereocenters. The first-order valence-electron chi connectivity index (χ1n) is 8.72. The van der Waals surface area contributed by atoms with Gasteiger partial charge in [0.1, 0.15) is 17.2 Å². The van der Waals surface area contributed by atoms with Gasteiger partial charge in [0, 0.05) is 6.07 Å². The van der Waals surface area contributed by atoms with Gasteiger partial charge in [-0.2, -0.15) is 5.10 Å². The van der Waals surface area contributed by atoms with Crippen LogP contribution in [0.5, 0.6) is 11.5 Å². The molecule has 0 fully saturated rings. The van der Waals surface area contributed by atoms with E-state index in [1.165, 1.54) is 12.1 Å². The van der Waals surface area contributed by atoms with Gasteiger partial charge in [0.25, 0.3) is 11.5 Å². The summed E-state index contributed by atoms with van der Waals surface area (Å²) in [6, 6.07) is 17.6. The largest absolute Gasteiger partial charge is 0.497 e. The molecule has 3 rings (SSSR count). The van der Waals surface area contributed by atoms with E-state index in [1.54, 1.807) is 14.2 Å². The second kappa shape index (κ2) is 8.85. The third-order valence-electron chi connectivity index (χ3n) is 4.33. The van der Waals surface area contributed by atoms with Crippen molar-refractivity contribution < 1.29 is 14.3 Å². The molecular weight excluding hydrogens is 358 g/mol. The van der Waals surface area contributed by atoms with Gasteiger partial charge in [0.2, 0.25) is 0 Å². The van der Waals surface area contributed by atoms with Crippen molar-refractivity contribution in [2.75, 3.05) is 14.2 Å². The van der Waals surface area contributed by atoms with Gasteiger partial charge >= 0.3 is 0 Å². The average molecular weight is 379 g/mol. The van der Waals surface area contributed by atoms with Crippen LogP contribution in [0.1, 0.15) is 27.7 Å². The summed E-state index contributed by atoms with van der Waals surface area (Å²) in [6.45, 7) is 0. The molecule has 1 heterocycles. The summed E-state index contributed by atoms with van der Waals surface area (Å²) in [7, 11) is 3.22. The van der Waals surface area contributed by atoms with E-state index in [4.69, 9.17) is 9.47 Å². The molecule has 7 heteroatoms. The Morgan fingerprint density at radius 3 is 2.11 bits per heavy atom. The summed E-state index contributed by atoms with van der Waals surface area (Å²) in [5.41, 5.74) is 1.75. The SMILES string of the molecule is COc1ccc(C[C@@H](NC(=O)c2ccc(=O)[nH]n2)c2ccc(OC)cc2)cc1. The zero-order chi connectivity index (χ0) is 19.9. The summed E-state index contributed by atoms with van der Waals surface area (Å²) in [5.74, 6) is 1.14. The maximum atomic E-state index is 12.6. The highest BCUT2D eigenvalue weighted by molar-refractivity contribution is 5.92. The Bertz CT molecular complexity index is 961. The van der Waals surface area contributed by atoms with Gasteiger partial charge in [-0.3, -0.25) is 9.59 Å². The molecule has 3 aromatic rings. The van der Waals surface area contributed by atoms with Crippen LogP contribution in [-0.4, -0.2) is 30.3 Å². The van der Waals surface area contributed by atoms with Gasteiger partial charge in [-0.15, -0.1) is 0 Å². The number of methoxy groups -OCH3 is 2. The normalized spacial score (nSPS) is 11.5. The number of nitrogens with zero attached hydrogens (tertiary/aromatic N) is 1. The lowest BCUT2D eigenvalue weighted by Crippen LogP contribution is -2.31. The Balaban J connectivity index is 1.84. The number of benzene rings is 2. The molecule has 1 atom stereocenters. The fourth-order valence-corrected chi connectivity index (χ4v) is 2.79. The Labute approximate surface area is 162 Å². The Morgan fingerprint density at radius 1 is 0.964 bits per heavy atom. The molecule has 144 valence electrons. The van der Waals surface area contributed by atoms with E-state index < -0.39 is 0 Å². The second-order valence-electron chi connectivity index (χ2n) is 6.16. The van der Waals surface area contributed by atoms with E-state index in [9.17, 15) is 9.59 Å². The summed E-state index contributed by atoms with van der Waals surface area (Å²) in [5, 5.41) is 9.06. The van der Waals surface area contributed by atoms with E-state index in [-0.39, 0.29) is 23.2 Å². The maximum Gasteiger partial charge on any atom is 0.272 e. The summed E-state index contributed by atoms with van der Waals surface area (Å²) < 4.78 is 10.4. The number of hydrogen-bond donors (Lipinski definition) is 2. The van der Waals surface area contributed by atoms with E-state index in [1.807, 2.05) is 48.5 Å². The van der Waals surface area contributed by atoms with Gasteiger partial charge in [-0.1, -0.05) is 24.3 Å². The predicted molar refractivity (Wildman–Crippen MR) is 105 cm³/mol. The lowest BCUT2D eigenvalue weighted by atomic mass is 9.98. The van der Waals surface area contributed by atoms with Crippen molar-refractivity contribution in [1.82, 2.24) is 15.5 Å². The minimum absolute atomic E-state index is 0.146. The van der Waals surface area contributed by atoms with Crippen LogP contribution < -0.4 is 20.3 Å². The first-order chi connectivity index (χ1) is 13.6. The van der Waals surface area contributed by atoms with Crippen LogP contribution in [0, 0.1) is 0 Å². The third kappa shape index (κ3) is 4.76. The van der Waals surface area contributed by atoms with Gasteiger partial charge in [-0.05, 0) is 47.9 Å². The number of nitrogens with one attached hydrogen (secondary N) is 2. The number of rotatable bonds is 7. The van der Waals surface area contributed by atoms with Gasteiger partial charge in [-0.25, -0.2) is 5.10 Å². The number of H-pyrrole nitrogens is 1. The highest BCUT2D eigenvalue weighted by Gasteiger charge is 2.18. The molecule has 0 bridgehead atoms. The van der Waals surface area contributed by atoms with Crippen molar-refractivity contribution >= 4 is 5.91 Å². The van der Waals surface area contributed by atoms with Gasteiger partial charge in [0.15, 0.2) is 0 Å². The Morgan fingerprint density at radius 2 is 1.57 bits per heavy atom. The molecule has 0 spiro atoms. The van der Waals surface area contributed by atoms with Crippen LogP contribution in [0.4, 0.5) is 0 Å². The quantitative estimate of drug-likeness (QED) is 0.658. The molecule has 0 saturated carbocycles. The van der Waals surface area contributed by atoms with Crippen molar-refractivity contribution in [2.45, 2.75) is 12.5 Å². The number of carbonyl (C=O) groups is 1. The minimum Gasteiger partial charge on any atom is -0.497 e. The lowest BCUT2D eigenvalue weighted by molar-refractivity contribution is 0.0930. The molecule has 0 radical (unpaired) electrons. The number of amides is 1. The molecule has 28 heavy (non-hydrogen) atoms. The highest BCUT2D eigenvalue weighted by atomic mass is 16.5. The first-order valence-corrected chi connectivity index (χ1v) is 8.72. The standard InChI is InChI=1S/C21H21N3O4/c1-27-16-7-3-14(4-8-16)13-19(15-5-9-17(28-2)10-6-15)22-21(26)18-11-12-20(25)24-23-18/h3-12,19H,13H2,1-2H3,(H,22,26)(H,24,25)/t19-/m1/s1. The number of ether oxygens (including phenoxy) is 2. The third-order valence-corrected chi connectivity index (χ3v) is 4.33. The van der Waals surface area contributed by atoms with E-state index in [0.717, 1.165) is 22.6 Å². The monoisotopic (exact) mass is 379 g/mol. The van der Waals surface area contributed by atoms with Crippen molar-refractivity contribution in [3.05, 3.63) is 87.8 Å². The molecule has 2 N–H and O–H groups in total. The van der Waals surface area contributed by atoms with Crippen molar-refractivity contribution in [2.24, 2.45) is 0 Å². The van der Waals surface area contributed by atoms with Crippen molar-refractivity contribution in [3.63, 3.8) is 0 Å². The second-order valence-corrected chi connectivity index (χ2v) is 6.16. The molecule has 0 aliphatic carbocycles. The highest BCUT2D eigenvalue weighted by Crippen LogP contribution is 2.23. The van der Waals surface area contributed by atoms with E-state index in [2.05, 4.69) is 15.5 Å². The summed E-state index contributed by atoms with van der Waals surface area (Å²) in [6.07, 6.45) is 0.575. The number of aromatic amines is 1. The topological polar surface area (TPSA) is 93.3 Å². The zero-order valence-corrected chi connectivity index (χ0v) is 15.6. The lowest BCUT2D eigenvalue weighted by Gasteiger charge is -2.20. The minimum atomic E-state index is -0.370. The van der Waals surface area contributed by atoms with Crippen LogP contribution in [0.15, 0.2) is 65.5 Å². The van der Waals surface area contributed by atoms with Crippen molar-refractivity contribution in [3.8, 4) is 11.5 Å². The Hall–Kier alpha value is -3.61. The molecular formula is C21H21N3O4. The number of carbonyl (C=O) groups excluding carboxylic acids is 1. The van der Waals surface area contributed by atoms with Crippen molar-refractivity contribution in [1.29, 1.82) is 0 Å². The number of aromatic nitrogens is 2. The summed E-state index contributed by atoms with van der Waals surface area (Å²) in [4.78, 5) is 23.8. The molecule has 0 aliphatic heterocycles. The van der Waals surface area contributed by atoms with E-state index >= 15 is 0 Å². The predicted octanol–water partition coefficient (Wildman–Crippen LogP) is 2.50. The average Bonchev–Trinajstić information content (AvgIpc) is 2.74. The fourth-order valence-electron chi connectivity index (χ4n) is 2.79. The molecule has 1 aromatic heterocycles. The van der Waals surface area contributed by atoms with Gasteiger partial charge in [0.05, 0.1) is 20.3 Å². The van der Waals surface area contributed by atoms with Crippen LogP contribution >= 0.6 is 0 Å². The van der Waals surface area contributed by atoms with E-state index in [0.29, 0.717) is 6.42 Å². The molecule has 1 amide bonds. The fraction of sp³-hybridized carbons (Fsp3) is 0.190. The first kappa shape index (κ1) is 19.2. The van der Waals surface area contributed by atoms with Gasteiger partial charge < -0.3 is 14.8 Å². The molecule has 0 aliphatic rings. The van der Waals surface area contributed by atoms with Crippen LogP contribution in [0.2, 0.25) is 0 Å². The Kier molecular flexibility index (Phi) is 6.06. The zero-order valence-electron chi connectivity index (χ0n) is 15.6. The summed E-state index contributed by atoms with van der Waals surface area (Å²) >= 11 is 0. The number of hydrogen-bond acceptors (Lipinski definition) is 5. The van der Waals surface area contributed by atoms with Crippen LogP contribution in [0.25, 0.3) is 0 Å². The molecule has 7 nitrogen and oxygen atoms in total. The van der Waals surface area contributed by atoms with Crippen LogP contribution in [0.3, 0.4) is 0 Å². The smallest absolute Gasteiger partial charge is 0.272 e. The maximum absolute atomic E-state index is 12.6. The van der Waals surface area contributed by atoms with Crippen LogP contribution in [-0.2, 0) is 6.42 Å². The molecule has 2 aromatic carbocycles.